The number of carbonyl (C=O) groups excluding carboxylic acids is 3. The highest BCUT2D eigenvalue weighted by atomic mass is 19.3. The van der Waals surface area contributed by atoms with Crippen LogP contribution in [0.15, 0.2) is 35.8 Å². The molecule has 0 heterocycles. The largest absolute Gasteiger partial charge is 0.488 e. The quantitative estimate of drug-likeness (QED) is 0.197. The molecule has 200 valence electrons. The number of allylic oxidation sites excluding steroid dienone is 2. The van der Waals surface area contributed by atoms with Gasteiger partial charge in [0.05, 0.1) is 13.2 Å². The van der Waals surface area contributed by atoms with Gasteiger partial charge in [0.2, 0.25) is 29.7 Å². The first-order chi connectivity index (χ1) is 16.9. The van der Waals surface area contributed by atoms with E-state index in [1.807, 2.05) is 0 Å². The van der Waals surface area contributed by atoms with Crippen molar-refractivity contribution < 1.29 is 50.2 Å². The highest BCUT2D eigenvalue weighted by molar-refractivity contribution is 5.79. The van der Waals surface area contributed by atoms with Crippen LogP contribution in [-0.4, -0.2) is 62.2 Å². The average molecular weight is 525 g/mol. The molecule has 0 radical (unpaired) electrons. The lowest BCUT2D eigenvalue weighted by atomic mass is 10.1. The molecule has 1 aromatic carbocycles. The van der Waals surface area contributed by atoms with Crippen molar-refractivity contribution in [2.24, 2.45) is 0 Å². The van der Waals surface area contributed by atoms with Crippen LogP contribution in [0.4, 0.5) is 26.3 Å². The van der Waals surface area contributed by atoms with Gasteiger partial charge in [-0.1, -0.05) is 12.1 Å². The fraction of sp³-hybridized carbons (Fsp3) is 0.500. The van der Waals surface area contributed by atoms with Crippen molar-refractivity contribution in [3.63, 3.8) is 0 Å². The first kappa shape index (κ1) is 28.8. The van der Waals surface area contributed by atoms with E-state index in [1.54, 1.807) is 6.92 Å². The smallest absolute Gasteiger partial charge is 0.387 e. The van der Waals surface area contributed by atoms with Crippen molar-refractivity contribution in [1.82, 2.24) is 16.0 Å². The van der Waals surface area contributed by atoms with Crippen molar-refractivity contribution in [3.8, 4) is 5.75 Å². The molecule has 0 saturated carbocycles. The molecule has 3 amide bonds. The molecule has 0 spiro atoms. The number of carbonyl (C=O) groups is 3. The summed E-state index contributed by atoms with van der Waals surface area (Å²) in [5.41, 5.74) is 0.579. The monoisotopic (exact) mass is 525 g/mol. The van der Waals surface area contributed by atoms with Crippen LogP contribution in [0.2, 0.25) is 0 Å². The Balaban J connectivity index is 2.11. The van der Waals surface area contributed by atoms with E-state index in [0.717, 1.165) is 12.1 Å². The number of ether oxygens (including phenoxy) is 2. The lowest BCUT2D eigenvalue weighted by Crippen LogP contribution is -2.49. The van der Waals surface area contributed by atoms with Gasteiger partial charge in [0.15, 0.2) is 0 Å². The molecule has 0 aromatic heterocycles. The summed E-state index contributed by atoms with van der Waals surface area (Å²) in [5.74, 6) is -21.9. The summed E-state index contributed by atoms with van der Waals surface area (Å²) in [6, 6.07) is 4.94. The second-order valence-corrected chi connectivity index (χ2v) is 7.63. The number of halogens is 6. The third-order valence-corrected chi connectivity index (χ3v) is 4.96. The topological polar surface area (TPSA) is 106 Å². The third kappa shape index (κ3) is 6.40. The van der Waals surface area contributed by atoms with Gasteiger partial charge in [-0.2, -0.15) is 26.3 Å². The molecule has 0 atom stereocenters. The minimum atomic E-state index is -5.80. The van der Waals surface area contributed by atoms with E-state index in [0.29, 0.717) is 18.5 Å². The minimum absolute atomic E-state index is 0.162. The lowest BCUT2D eigenvalue weighted by Gasteiger charge is -2.24. The van der Waals surface area contributed by atoms with Gasteiger partial charge < -0.3 is 25.4 Å². The summed E-state index contributed by atoms with van der Waals surface area (Å²) in [6.07, 6.45) is 0.259. The van der Waals surface area contributed by atoms with Gasteiger partial charge in [-0.15, -0.1) is 0 Å². The number of nitrogens with one attached hydrogen (secondary N) is 3. The molecule has 0 fully saturated rings. The van der Waals surface area contributed by atoms with Gasteiger partial charge in [0.25, 0.3) is 0 Å². The van der Waals surface area contributed by atoms with Crippen molar-refractivity contribution in [3.05, 3.63) is 41.3 Å². The Morgan fingerprint density at radius 2 is 1.58 bits per heavy atom. The molecule has 0 bridgehead atoms. The van der Waals surface area contributed by atoms with Crippen molar-refractivity contribution in [2.45, 2.75) is 44.0 Å². The molecule has 3 N–H and O–H groups in total. The second kappa shape index (κ2) is 12.0. The molecule has 1 aliphatic carbocycles. The van der Waals surface area contributed by atoms with Crippen molar-refractivity contribution in [1.29, 1.82) is 0 Å². The maximum atomic E-state index is 14.3. The SMILES string of the molecule is CCNC(=O)CCCOC1=C(Oc2ccc(CCNC(=O)CNC=O)cc2)C(F)(F)C(F)(F)C1(F)F. The van der Waals surface area contributed by atoms with E-state index in [4.69, 9.17) is 4.74 Å². The van der Waals surface area contributed by atoms with E-state index >= 15 is 0 Å². The predicted octanol–water partition coefficient (Wildman–Crippen LogP) is 2.53. The van der Waals surface area contributed by atoms with E-state index in [-0.39, 0.29) is 32.4 Å². The van der Waals surface area contributed by atoms with Gasteiger partial charge in [0.1, 0.15) is 5.75 Å². The Kier molecular flexibility index (Phi) is 9.59. The maximum Gasteiger partial charge on any atom is 0.387 e. The van der Waals surface area contributed by atoms with Crippen LogP contribution in [0, 0.1) is 0 Å². The van der Waals surface area contributed by atoms with E-state index in [9.17, 15) is 40.7 Å². The number of hydrogen-bond donors (Lipinski definition) is 3. The molecular weight excluding hydrogens is 500 g/mol. The normalized spacial score (nSPS) is 17.3. The summed E-state index contributed by atoms with van der Waals surface area (Å²) < 4.78 is 94.5. The molecule has 0 aliphatic heterocycles. The number of alkyl halides is 6. The zero-order valence-corrected chi connectivity index (χ0v) is 19.1. The number of hydrogen-bond acceptors (Lipinski definition) is 5. The molecule has 0 saturated heterocycles. The van der Waals surface area contributed by atoms with Crippen molar-refractivity contribution >= 4 is 18.2 Å². The Bertz CT molecular complexity index is 969. The number of rotatable bonds is 14. The summed E-state index contributed by atoms with van der Waals surface area (Å²) in [7, 11) is 0. The molecule has 1 aliphatic rings. The standard InChI is InChI=1S/C22H25F6N3O5/c1-2-30-16(33)4-3-11-35-18-19(21(25,26)22(27,28)20(18,23)24)36-15-7-5-14(6-8-15)9-10-31-17(34)12-29-13-32/h5-8,13H,2-4,9-12H2,1H3,(H,29,32)(H,30,33)(H,31,34). The fourth-order valence-electron chi connectivity index (χ4n) is 3.11. The average Bonchev–Trinajstić information content (AvgIpc) is 2.91. The van der Waals surface area contributed by atoms with Gasteiger partial charge in [0, 0.05) is 19.5 Å². The maximum absolute atomic E-state index is 14.3. The van der Waals surface area contributed by atoms with Crippen LogP contribution < -0.4 is 20.7 Å². The highest BCUT2D eigenvalue weighted by Crippen LogP contribution is 2.59. The van der Waals surface area contributed by atoms with Gasteiger partial charge in [-0.3, -0.25) is 14.4 Å². The Hall–Kier alpha value is -3.45. The zero-order chi connectivity index (χ0) is 27.0. The molecule has 8 nitrogen and oxygen atoms in total. The Morgan fingerprint density at radius 3 is 2.19 bits per heavy atom. The Labute approximate surface area is 202 Å². The Morgan fingerprint density at radius 1 is 0.944 bits per heavy atom. The van der Waals surface area contributed by atoms with Gasteiger partial charge >= 0.3 is 17.8 Å². The molecule has 14 heteroatoms. The van der Waals surface area contributed by atoms with Crippen LogP contribution in [-0.2, 0) is 25.5 Å². The molecule has 0 unspecified atom stereocenters. The number of benzene rings is 1. The summed E-state index contributed by atoms with van der Waals surface area (Å²) in [4.78, 5) is 33.0. The highest BCUT2D eigenvalue weighted by Gasteiger charge is 2.83. The van der Waals surface area contributed by atoms with E-state index < -0.39 is 53.5 Å². The predicted molar refractivity (Wildman–Crippen MR) is 114 cm³/mol. The summed E-state index contributed by atoms with van der Waals surface area (Å²) in [5, 5.41) is 7.12. The third-order valence-electron chi connectivity index (χ3n) is 4.96. The number of amides is 3. The first-order valence-electron chi connectivity index (χ1n) is 10.9. The summed E-state index contributed by atoms with van der Waals surface area (Å²) in [6.45, 7) is 1.20. The van der Waals surface area contributed by atoms with Crippen LogP contribution >= 0.6 is 0 Å². The van der Waals surface area contributed by atoms with Gasteiger partial charge in [-0.25, -0.2) is 0 Å². The summed E-state index contributed by atoms with van der Waals surface area (Å²) >= 11 is 0. The van der Waals surface area contributed by atoms with Crippen LogP contribution in [0.1, 0.15) is 25.3 Å². The molecule has 2 rings (SSSR count). The van der Waals surface area contributed by atoms with E-state index in [2.05, 4.69) is 20.7 Å². The van der Waals surface area contributed by atoms with Crippen LogP contribution in [0.5, 0.6) is 5.75 Å². The molecular formula is C22H25F6N3O5. The fourth-order valence-corrected chi connectivity index (χ4v) is 3.11. The van der Waals surface area contributed by atoms with E-state index in [1.165, 1.54) is 12.1 Å². The molecule has 1 aromatic rings. The molecule has 36 heavy (non-hydrogen) atoms. The van der Waals surface area contributed by atoms with Crippen LogP contribution in [0.3, 0.4) is 0 Å². The lowest BCUT2D eigenvalue weighted by molar-refractivity contribution is -0.275. The minimum Gasteiger partial charge on any atom is -0.488 e. The van der Waals surface area contributed by atoms with Gasteiger partial charge in [-0.05, 0) is 37.5 Å². The van der Waals surface area contributed by atoms with Crippen LogP contribution in [0.25, 0.3) is 0 Å². The first-order valence-corrected chi connectivity index (χ1v) is 10.9. The zero-order valence-electron chi connectivity index (χ0n) is 19.1. The van der Waals surface area contributed by atoms with Crippen molar-refractivity contribution in [2.75, 3.05) is 26.2 Å². The second-order valence-electron chi connectivity index (χ2n) is 7.63.